The molecular formula is C14H26N2O2. The van der Waals surface area contributed by atoms with Crippen LogP contribution in [0.2, 0.25) is 0 Å². The van der Waals surface area contributed by atoms with Crippen LogP contribution >= 0.6 is 0 Å². The molecule has 0 aromatic heterocycles. The Kier molecular flexibility index (Phi) is 5.01. The molecule has 4 nitrogen and oxygen atoms in total. The molecular weight excluding hydrogens is 228 g/mol. The minimum Gasteiger partial charge on any atom is -0.387 e. The molecule has 0 aromatic carbocycles. The molecule has 3 N–H and O–H groups in total. The first-order valence-corrected chi connectivity index (χ1v) is 7.40. The van der Waals surface area contributed by atoms with E-state index in [0.29, 0.717) is 13.1 Å². The van der Waals surface area contributed by atoms with Gasteiger partial charge in [-0.2, -0.15) is 0 Å². The lowest BCUT2D eigenvalue weighted by Crippen LogP contribution is -2.53. The van der Waals surface area contributed by atoms with Crippen LogP contribution < -0.4 is 10.6 Å². The zero-order chi connectivity index (χ0) is 12.8. The molecule has 0 radical (unpaired) electrons. The lowest BCUT2D eigenvalue weighted by atomic mass is 9.93. The van der Waals surface area contributed by atoms with E-state index in [2.05, 4.69) is 10.6 Å². The Hall–Kier alpha value is -0.610. The number of carbonyl (C=O) groups excluding carboxylic acids is 1. The Morgan fingerprint density at radius 1 is 1.22 bits per heavy atom. The molecule has 1 saturated heterocycles. The molecule has 0 spiro atoms. The van der Waals surface area contributed by atoms with Crippen LogP contribution in [0.4, 0.5) is 0 Å². The predicted octanol–water partition coefficient (Wildman–Crippen LogP) is 1.19. The molecule has 1 aliphatic heterocycles. The maximum Gasteiger partial charge on any atom is 0.223 e. The molecule has 18 heavy (non-hydrogen) atoms. The summed E-state index contributed by atoms with van der Waals surface area (Å²) in [6, 6.07) is 0. The fourth-order valence-electron chi connectivity index (χ4n) is 3.04. The number of nitrogens with one attached hydrogen (secondary N) is 2. The quantitative estimate of drug-likeness (QED) is 0.663. The molecule has 2 rings (SSSR count). The summed E-state index contributed by atoms with van der Waals surface area (Å²) in [6.07, 6.45) is 8.66. The number of rotatable bonds is 3. The summed E-state index contributed by atoms with van der Waals surface area (Å²) in [5, 5.41) is 16.4. The highest BCUT2D eigenvalue weighted by molar-refractivity contribution is 5.78. The lowest BCUT2D eigenvalue weighted by Gasteiger charge is -2.33. The van der Waals surface area contributed by atoms with Crippen molar-refractivity contribution in [2.75, 3.05) is 19.6 Å². The molecule has 1 atom stereocenters. The molecule has 1 saturated carbocycles. The van der Waals surface area contributed by atoms with Crippen molar-refractivity contribution in [2.45, 2.75) is 57.0 Å². The summed E-state index contributed by atoms with van der Waals surface area (Å²) in [4.78, 5) is 12.1. The second-order valence-corrected chi connectivity index (χ2v) is 5.91. The van der Waals surface area contributed by atoms with E-state index in [0.717, 1.165) is 32.2 Å². The van der Waals surface area contributed by atoms with Crippen molar-refractivity contribution in [1.82, 2.24) is 10.6 Å². The third-order valence-corrected chi connectivity index (χ3v) is 4.27. The Labute approximate surface area is 110 Å². The number of β-amino-alcohol motifs (C(OH)–C–C–N with tert-alkyl or cyclic N) is 1. The van der Waals surface area contributed by atoms with Crippen LogP contribution in [0.5, 0.6) is 0 Å². The van der Waals surface area contributed by atoms with Gasteiger partial charge in [-0.1, -0.05) is 25.7 Å². The van der Waals surface area contributed by atoms with Crippen LogP contribution in [0, 0.1) is 5.92 Å². The first-order chi connectivity index (χ1) is 8.70. The van der Waals surface area contributed by atoms with Gasteiger partial charge in [-0.05, 0) is 32.2 Å². The van der Waals surface area contributed by atoms with Gasteiger partial charge in [-0.3, -0.25) is 4.79 Å². The van der Waals surface area contributed by atoms with Crippen molar-refractivity contribution in [3.8, 4) is 0 Å². The van der Waals surface area contributed by atoms with E-state index in [9.17, 15) is 9.90 Å². The van der Waals surface area contributed by atoms with E-state index < -0.39 is 5.60 Å². The summed E-state index contributed by atoms with van der Waals surface area (Å²) in [6.45, 7) is 1.96. The Morgan fingerprint density at radius 2 is 1.94 bits per heavy atom. The van der Waals surface area contributed by atoms with E-state index in [4.69, 9.17) is 0 Å². The zero-order valence-corrected chi connectivity index (χ0v) is 11.2. The molecule has 0 aromatic rings. The van der Waals surface area contributed by atoms with Crippen LogP contribution in [0.3, 0.4) is 0 Å². The van der Waals surface area contributed by atoms with E-state index >= 15 is 0 Å². The smallest absolute Gasteiger partial charge is 0.223 e. The van der Waals surface area contributed by atoms with Gasteiger partial charge in [-0.15, -0.1) is 0 Å². The minimum absolute atomic E-state index is 0.149. The van der Waals surface area contributed by atoms with Gasteiger partial charge in [0, 0.05) is 19.0 Å². The van der Waals surface area contributed by atoms with Gasteiger partial charge < -0.3 is 15.7 Å². The average molecular weight is 254 g/mol. The topological polar surface area (TPSA) is 61.4 Å². The van der Waals surface area contributed by atoms with Crippen LogP contribution in [-0.2, 0) is 4.79 Å². The van der Waals surface area contributed by atoms with Gasteiger partial charge in [-0.25, -0.2) is 0 Å². The van der Waals surface area contributed by atoms with E-state index in [1.54, 1.807) is 0 Å². The van der Waals surface area contributed by atoms with E-state index in [1.165, 1.54) is 25.7 Å². The van der Waals surface area contributed by atoms with Crippen LogP contribution in [0.15, 0.2) is 0 Å². The number of hydrogen-bond donors (Lipinski definition) is 3. The van der Waals surface area contributed by atoms with Crippen molar-refractivity contribution >= 4 is 5.91 Å². The first-order valence-electron chi connectivity index (χ1n) is 7.40. The highest BCUT2D eigenvalue weighted by Gasteiger charge is 2.30. The Bertz CT molecular complexity index is 267. The van der Waals surface area contributed by atoms with Crippen LogP contribution in [0.25, 0.3) is 0 Å². The summed E-state index contributed by atoms with van der Waals surface area (Å²) < 4.78 is 0. The fourth-order valence-corrected chi connectivity index (χ4v) is 3.04. The molecule has 1 amide bonds. The summed E-state index contributed by atoms with van der Waals surface area (Å²) in [5.74, 6) is 0.323. The largest absolute Gasteiger partial charge is 0.387 e. The Morgan fingerprint density at radius 3 is 2.56 bits per heavy atom. The normalized spacial score (nSPS) is 30.7. The molecule has 0 unspecified atom stereocenters. The third-order valence-electron chi connectivity index (χ3n) is 4.27. The first kappa shape index (κ1) is 13.8. The minimum atomic E-state index is -0.737. The maximum absolute atomic E-state index is 12.1. The zero-order valence-electron chi connectivity index (χ0n) is 11.2. The number of aliphatic hydroxyl groups is 1. The average Bonchev–Trinajstić information content (AvgIpc) is 2.66. The van der Waals surface area contributed by atoms with Crippen molar-refractivity contribution < 1.29 is 9.90 Å². The van der Waals surface area contributed by atoms with Crippen molar-refractivity contribution in [3.63, 3.8) is 0 Å². The molecule has 0 bridgehead atoms. The molecule has 4 heteroatoms. The molecule has 1 aliphatic carbocycles. The van der Waals surface area contributed by atoms with Gasteiger partial charge in [0.05, 0.1) is 5.60 Å². The van der Waals surface area contributed by atoms with Gasteiger partial charge in [0.2, 0.25) is 5.91 Å². The number of amides is 1. The second-order valence-electron chi connectivity index (χ2n) is 5.91. The molecule has 2 aliphatic rings. The van der Waals surface area contributed by atoms with Gasteiger partial charge in [0.25, 0.3) is 0 Å². The van der Waals surface area contributed by atoms with Gasteiger partial charge in [0.15, 0.2) is 0 Å². The van der Waals surface area contributed by atoms with E-state index in [1.807, 2.05) is 0 Å². The lowest BCUT2D eigenvalue weighted by molar-refractivity contribution is -0.126. The standard InChI is InChI=1S/C14H26N2O2/c17-13(12-6-3-1-2-4-7-12)16-11-14(18)8-5-9-15-10-14/h12,15,18H,1-11H2,(H,16,17)/t14-/m0/s1. The van der Waals surface area contributed by atoms with E-state index in [-0.39, 0.29) is 11.8 Å². The Balaban J connectivity index is 1.76. The highest BCUT2D eigenvalue weighted by Crippen LogP contribution is 2.23. The third kappa shape index (κ3) is 3.95. The SMILES string of the molecule is O=C(NC[C@]1(O)CCCNC1)C1CCCCCC1. The van der Waals surface area contributed by atoms with Gasteiger partial charge in [0.1, 0.15) is 0 Å². The number of piperidine rings is 1. The summed E-state index contributed by atoms with van der Waals surface area (Å²) in [7, 11) is 0. The van der Waals surface area contributed by atoms with Crippen molar-refractivity contribution in [1.29, 1.82) is 0 Å². The van der Waals surface area contributed by atoms with Crippen LogP contribution in [0.1, 0.15) is 51.4 Å². The highest BCUT2D eigenvalue weighted by atomic mass is 16.3. The van der Waals surface area contributed by atoms with Crippen molar-refractivity contribution in [2.24, 2.45) is 5.92 Å². The maximum atomic E-state index is 12.1. The molecule has 104 valence electrons. The molecule has 2 fully saturated rings. The predicted molar refractivity (Wildman–Crippen MR) is 71.3 cm³/mol. The molecule has 1 heterocycles. The van der Waals surface area contributed by atoms with Gasteiger partial charge >= 0.3 is 0 Å². The van der Waals surface area contributed by atoms with Crippen molar-refractivity contribution in [3.05, 3.63) is 0 Å². The second kappa shape index (κ2) is 6.53. The monoisotopic (exact) mass is 254 g/mol. The fraction of sp³-hybridized carbons (Fsp3) is 0.929. The summed E-state index contributed by atoms with van der Waals surface area (Å²) in [5.41, 5.74) is -0.737. The number of carbonyl (C=O) groups is 1. The number of hydrogen-bond acceptors (Lipinski definition) is 3. The summed E-state index contributed by atoms with van der Waals surface area (Å²) >= 11 is 0. The van der Waals surface area contributed by atoms with Crippen LogP contribution in [-0.4, -0.2) is 36.2 Å².